The van der Waals surface area contributed by atoms with E-state index in [1.165, 1.54) is 5.56 Å². The number of nitrogens with zero attached hydrogens (tertiary/aromatic N) is 3. The van der Waals surface area contributed by atoms with Crippen molar-refractivity contribution in [2.45, 2.75) is 19.3 Å². The molecule has 0 spiro atoms. The minimum absolute atomic E-state index is 0.0582. The highest BCUT2D eigenvalue weighted by atomic mass is 16.5. The van der Waals surface area contributed by atoms with Gasteiger partial charge in [-0.3, -0.25) is 4.68 Å². The molecule has 122 valence electrons. The molecule has 1 aromatic carbocycles. The minimum atomic E-state index is -0.0582. The van der Waals surface area contributed by atoms with Gasteiger partial charge in [-0.05, 0) is 31.0 Å². The molecular formula is C17H22N4O2. The van der Waals surface area contributed by atoms with Gasteiger partial charge in [-0.25, -0.2) is 4.79 Å². The standard InChI is InChI=1S/C17H22N4O2/c1-12-16(11-20(2)19-12)18-17(22)21-9-8-14(10-21)13-4-6-15(23-3)7-5-13/h4-7,11,14H,8-10H2,1-3H3,(H,18,22). The van der Waals surface area contributed by atoms with Gasteiger partial charge in [0.1, 0.15) is 5.75 Å². The molecule has 0 aliphatic carbocycles. The molecular weight excluding hydrogens is 292 g/mol. The summed E-state index contributed by atoms with van der Waals surface area (Å²) >= 11 is 0. The number of hydrogen-bond acceptors (Lipinski definition) is 3. The van der Waals surface area contributed by atoms with Gasteiger partial charge in [-0.1, -0.05) is 12.1 Å². The van der Waals surface area contributed by atoms with E-state index in [4.69, 9.17) is 4.74 Å². The Morgan fingerprint density at radius 2 is 2.09 bits per heavy atom. The number of anilines is 1. The number of aryl methyl sites for hydroxylation is 2. The summed E-state index contributed by atoms with van der Waals surface area (Å²) < 4.78 is 6.89. The van der Waals surface area contributed by atoms with Crippen molar-refractivity contribution in [2.24, 2.45) is 7.05 Å². The second kappa shape index (κ2) is 6.32. The van der Waals surface area contributed by atoms with Crippen LogP contribution in [0.25, 0.3) is 0 Å². The number of carbonyl (C=O) groups is 1. The maximum Gasteiger partial charge on any atom is 0.321 e. The minimum Gasteiger partial charge on any atom is -0.497 e. The highest BCUT2D eigenvalue weighted by molar-refractivity contribution is 5.90. The van der Waals surface area contributed by atoms with Gasteiger partial charge in [-0.15, -0.1) is 0 Å². The number of methoxy groups -OCH3 is 1. The number of amides is 2. The summed E-state index contributed by atoms with van der Waals surface area (Å²) in [7, 11) is 3.51. The normalized spacial score (nSPS) is 17.3. The van der Waals surface area contributed by atoms with Crippen molar-refractivity contribution in [3.05, 3.63) is 41.7 Å². The van der Waals surface area contributed by atoms with E-state index in [2.05, 4.69) is 22.5 Å². The van der Waals surface area contributed by atoms with E-state index in [0.29, 0.717) is 5.92 Å². The average molecular weight is 314 g/mol. The topological polar surface area (TPSA) is 59.4 Å². The average Bonchev–Trinajstić information content (AvgIpc) is 3.15. The van der Waals surface area contributed by atoms with E-state index in [1.54, 1.807) is 11.8 Å². The van der Waals surface area contributed by atoms with Crippen LogP contribution in [0, 0.1) is 6.92 Å². The van der Waals surface area contributed by atoms with Crippen LogP contribution in [0.4, 0.5) is 10.5 Å². The van der Waals surface area contributed by atoms with Crippen LogP contribution in [0.5, 0.6) is 5.75 Å². The number of nitrogens with one attached hydrogen (secondary N) is 1. The van der Waals surface area contributed by atoms with Crippen molar-refractivity contribution in [1.29, 1.82) is 0 Å². The molecule has 0 bridgehead atoms. The third kappa shape index (κ3) is 3.31. The fraction of sp³-hybridized carbons (Fsp3) is 0.412. The first-order valence-corrected chi connectivity index (χ1v) is 7.77. The van der Waals surface area contributed by atoms with Crippen molar-refractivity contribution in [2.75, 3.05) is 25.5 Å². The molecule has 1 aliphatic heterocycles. The molecule has 2 amide bonds. The summed E-state index contributed by atoms with van der Waals surface area (Å²) in [6, 6.07) is 8.04. The Balaban J connectivity index is 1.62. The molecule has 0 radical (unpaired) electrons. The van der Waals surface area contributed by atoms with Gasteiger partial charge in [0.25, 0.3) is 0 Å². The third-order valence-electron chi connectivity index (χ3n) is 4.32. The number of benzene rings is 1. The Hall–Kier alpha value is -2.50. The van der Waals surface area contributed by atoms with Crippen LogP contribution >= 0.6 is 0 Å². The third-order valence-corrected chi connectivity index (χ3v) is 4.32. The van der Waals surface area contributed by atoms with Gasteiger partial charge in [-0.2, -0.15) is 5.10 Å². The second-order valence-electron chi connectivity index (χ2n) is 5.94. The Morgan fingerprint density at radius 1 is 1.35 bits per heavy atom. The highest BCUT2D eigenvalue weighted by Crippen LogP contribution is 2.29. The first-order chi connectivity index (χ1) is 11.1. The lowest BCUT2D eigenvalue weighted by Crippen LogP contribution is -2.32. The molecule has 2 aromatic rings. The number of ether oxygens (including phenoxy) is 1. The molecule has 23 heavy (non-hydrogen) atoms. The fourth-order valence-corrected chi connectivity index (χ4v) is 3.01. The van der Waals surface area contributed by atoms with E-state index in [0.717, 1.165) is 36.6 Å². The maximum atomic E-state index is 12.4. The van der Waals surface area contributed by atoms with Crippen molar-refractivity contribution >= 4 is 11.7 Å². The summed E-state index contributed by atoms with van der Waals surface area (Å²) in [6.07, 6.45) is 2.80. The molecule has 1 atom stereocenters. The Bertz CT molecular complexity index is 693. The summed E-state index contributed by atoms with van der Waals surface area (Å²) in [4.78, 5) is 14.3. The number of hydrogen-bond donors (Lipinski definition) is 1. The molecule has 6 heteroatoms. The van der Waals surface area contributed by atoms with Crippen LogP contribution < -0.4 is 10.1 Å². The van der Waals surface area contributed by atoms with Crippen LogP contribution in [0.15, 0.2) is 30.5 Å². The lowest BCUT2D eigenvalue weighted by Gasteiger charge is -2.17. The fourth-order valence-electron chi connectivity index (χ4n) is 3.01. The van der Waals surface area contributed by atoms with Gasteiger partial charge in [0, 0.05) is 32.3 Å². The van der Waals surface area contributed by atoms with Crippen LogP contribution in [0.3, 0.4) is 0 Å². The van der Waals surface area contributed by atoms with E-state index in [9.17, 15) is 4.79 Å². The molecule has 1 N–H and O–H groups in total. The molecule has 1 unspecified atom stereocenters. The highest BCUT2D eigenvalue weighted by Gasteiger charge is 2.27. The molecule has 2 heterocycles. The monoisotopic (exact) mass is 314 g/mol. The zero-order chi connectivity index (χ0) is 16.4. The van der Waals surface area contributed by atoms with Gasteiger partial charge >= 0.3 is 6.03 Å². The number of carbonyl (C=O) groups excluding carboxylic acids is 1. The molecule has 6 nitrogen and oxygen atoms in total. The van der Waals surface area contributed by atoms with Crippen LogP contribution in [0.2, 0.25) is 0 Å². The van der Waals surface area contributed by atoms with Crippen LogP contribution in [-0.2, 0) is 7.05 Å². The van der Waals surface area contributed by atoms with Crippen molar-refractivity contribution in [1.82, 2.24) is 14.7 Å². The number of urea groups is 1. The van der Waals surface area contributed by atoms with E-state index in [-0.39, 0.29) is 6.03 Å². The first-order valence-electron chi connectivity index (χ1n) is 7.77. The second-order valence-corrected chi connectivity index (χ2v) is 5.94. The van der Waals surface area contributed by atoms with Crippen LogP contribution in [0.1, 0.15) is 23.6 Å². The first kappa shape index (κ1) is 15.4. The van der Waals surface area contributed by atoms with Crippen molar-refractivity contribution < 1.29 is 9.53 Å². The lowest BCUT2D eigenvalue weighted by atomic mass is 9.98. The number of likely N-dealkylation sites (tertiary alicyclic amines) is 1. The smallest absolute Gasteiger partial charge is 0.321 e. The number of rotatable bonds is 3. The van der Waals surface area contributed by atoms with Gasteiger partial charge < -0.3 is 15.0 Å². The summed E-state index contributed by atoms with van der Waals surface area (Å²) in [5.74, 6) is 1.23. The van der Waals surface area contributed by atoms with E-state index >= 15 is 0 Å². The van der Waals surface area contributed by atoms with Crippen molar-refractivity contribution in [3.8, 4) is 5.75 Å². The van der Waals surface area contributed by atoms with Gasteiger partial charge in [0.15, 0.2) is 0 Å². The Morgan fingerprint density at radius 3 is 2.70 bits per heavy atom. The van der Waals surface area contributed by atoms with E-state index in [1.807, 2.05) is 37.2 Å². The van der Waals surface area contributed by atoms with Gasteiger partial charge in [0.2, 0.25) is 0 Å². The van der Waals surface area contributed by atoms with Gasteiger partial charge in [0.05, 0.1) is 18.5 Å². The lowest BCUT2D eigenvalue weighted by molar-refractivity contribution is 0.222. The van der Waals surface area contributed by atoms with E-state index < -0.39 is 0 Å². The SMILES string of the molecule is COc1ccc(C2CCN(C(=O)Nc3cn(C)nc3C)C2)cc1. The molecule has 1 saturated heterocycles. The maximum absolute atomic E-state index is 12.4. The predicted molar refractivity (Wildman–Crippen MR) is 88.9 cm³/mol. The summed E-state index contributed by atoms with van der Waals surface area (Å²) in [6.45, 7) is 3.39. The predicted octanol–water partition coefficient (Wildman–Crippen LogP) is 2.76. The van der Waals surface area contributed by atoms with Crippen molar-refractivity contribution in [3.63, 3.8) is 0 Å². The zero-order valence-electron chi connectivity index (χ0n) is 13.7. The Kier molecular flexibility index (Phi) is 4.23. The molecule has 3 rings (SSSR count). The summed E-state index contributed by atoms with van der Waals surface area (Å²) in [5, 5.41) is 7.19. The largest absolute Gasteiger partial charge is 0.497 e. The quantitative estimate of drug-likeness (QED) is 0.947. The molecule has 1 aliphatic rings. The Labute approximate surface area is 136 Å². The number of aromatic nitrogens is 2. The zero-order valence-corrected chi connectivity index (χ0v) is 13.7. The molecule has 0 saturated carbocycles. The van der Waals surface area contributed by atoms with Crippen LogP contribution in [-0.4, -0.2) is 40.9 Å². The summed E-state index contributed by atoms with van der Waals surface area (Å²) in [5.41, 5.74) is 2.84. The molecule has 1 aromatic heterocycles. The molecule has 1 fully saturated rings.